The minimum absolute atomic E-state index is 0.177. The van der Waals surface area contributed by atoms with Crippen LogP contribution in [0.5, 0.6) is 17.2 Å². The first-order valence-corrected chi connectivity index (χ1v) is 11.7. The second-order valence-corrected chi connectivity index (χ2v) is 10.2. The number of carbonyl (C=O) groups is 2. The fourth-order valence-corrected chi connectivity index (χ4v) is 6.06. The highest BCUT2D eigenvalue weighted by molar-refractivity contribution is 14.1. The number of rotatable bonds is 6. The summed E-state index contributed by atoms with van der Waals surface area (Å²) >= 11 is 8.35. The molecular formula is C16H12BI4NO5. The van der Waals surface area contributed by atoms with Crippen molar-refractivity contribution in [2.24, 2.45) is 0 Å². The average molecular weight is 817 g/mol. The Labute approximate surface area is 211 Å². The second-order valence-electron chi connectivity index (χ2n) is 5.52. The van der Waals surface area contributed by atoms with Gasteiger partial charge in [-0.25, -0.2) is 4.79 Å². The quantitative estimate of drug-likeness (QED) is 0.304. The first-order chi connectivity index (χ1) is 12.6. The van der Waals surface area contributed by atoms with Gasteiger partial charge in [-0.15, -0.1) is 0 Å². The molecule has 1 amide bonds. The van der Waals surface area contributed by atoms with Crippen molar-refractivity contribution in [3.63, 3.8) is 0 Å². The molecule has 0 aliphatic heterocycles. The summed E-state index contributed by atoms with van der Waals surface area (Å²) in [6.07, 6.45) is 0.177. The Balaban J connectivity index is 2.29. The number of hydrogen-bond acceptors (Lipinski definition) is 4. The number of phenols is 1. The third kappa shape index (κ3) is 6.48. The van der Waals surface area contributed by atoms with Gasteiger partial charge in [0.05, 0.1) is 14.3 Å². The zero-order valence-corrected chi connectivity index (χ0v) is 22.4. The number of amides is 1. The van der Waals surface area contributed by atoms with Crippen LogP contribution in [0.15, 0.2) is 24.3 Å². The smallest absolute Gasteiger partial charge is 0.326 e. The highest BCUT2D eigenvalue weighted by Gasteiger charge is 2.20. The van der Waals surface area contributed by atoms with E-state index in [1.165, 1.54) is 7.85 Å². The largest absolute Gasteiger partial charge is 0.506 e. The molecule has 142 valence electrons. The van der Waals surface area contributed by atoms with Crippen LogP contribution in [0.2, 0.25) is 0 Å². The van der Waals surface area contributed by atoms with Crippen molar-refractivity contribution in [1.82, 2.24) is 5.32 Å². The molecule has 0 bridgehead atoms. The lowest BCUT2D eigenvalue weighted by Crippen LogP contribution is -2.41. The van der Waals surface area contributed by atoms with Crippen molar-refractivity contribution in [2.45, 2.75) is 12.5 Å². The molecule has 27 heavy (non-hydrogen) atoms. The molecule has 0 radical (unpaired) electrons. The number of benzene rings is 2. The van der Waals surface area contributed by atoms with Crippen molar-refractivity contribution >= 4 is 110 Å². The van der Waals surface area contributed by atoms with E-state index in [9.17, 15) is 19.8 Å². The number of halogens is 4. The topological polar surface area (TPSA) is 95.9 Å². The molecule has 6 nitrogen and oxygen atoms in total. The Kier molecular flexibility index (Phi) is 8.72. The van der Waals surface area contributed by atoms with E-state index in [1.54, 1.807) is 12.1 Å². The Hall–Kier alpha value is -0.0351. The number of ether oxygens (including phenoxy) is 1. The van der Waals surface area contributed by atoms with Crippen LogP contribution in [0, 0.1) is 14.3 Å². The maximum absolute atomic E-state index is 11.3. The maximum Gasteiger partial charge on any atom is 0.326 e. The van der Waals surface area contributed by atoms with Crippen LogP contribution in [-0.4, -0.2) is 35.9 Å². The summed E-state index contributed by atoms with van der Waals surface area (Å²) in [4.78, 5) is 22.5. The number of nitrogens with one attached hydrogen (secondary N) is 1. The van der Waals surface area contributed by atoms with Crippen LogP contribution in [0.1, 0.15) is 5.56 Å². The van der Waals surface area contributed by atoms with Crippen LogP contribution in [0.25, 0.3) is 0 Å². The van der Waals surface area contributed by atoms with E-state index in [2.05, 4.69) is 50.5 Å². The third-order valence-corrected chi connectivity index (χ3v) is 6.63. The van der Waals surface area contributed by atoms with Gasteiger partial charge in [0.25, 0.3) is 0 Å². The number of carboxylic acids is 1. The minimum atomic E-state index is -1.08. The SMILES string of the molecule is BC(=O)NC(Cc1cc(I)c(Oc2cc(I)c(O)c(I)c2)c(I)c1)C(=O)O. The van der Waals surface area contributed by atoms with Gasteiger partial charge in [0.1, 0.15) is 17.5 Å². The predicted molar refractivity (Wildman–Crippen MR) is 138 cm³/mol. The molecule has 11 heteroatoms. The van der Waals surface area contributed by atoms with Crippen molar-refractivity contribution < 1.29 is 24.5 Å². The lowest BCUT2D eigenvalue weighted by atomic mass is 10.0. The fourth-order valence-electron chi connectivity index (χ4n) is 2.23. The zero-order chi connectivity index (χ0) is 20.3. The van der Waals surface area contributed by atoms with Gasteiger partial charge in [-0.05, 0) is 120 Å². The Morgan fingerprint density at radius 2 is 1.56 bits per heavy atom. The lowest BCUT2D eigenvalue weighted by Gasteiger charge is -2.16. The van der Waals surface area contributed by atoms with Crippen LogP contribution < -0.4 is 10.1 Å². The van der Waals surface area contributed by atoms with Gasteiger partial charge < -0.3 is 20.3 Å². The standard InChI is InChI=1S/C16H12BI4NO5/c17-16(26)22-12(15(24)25)3-6-1-10(20)14(11(21)2-6)27-7-4-8(18)13(23)9(19)5-7/h1-2,4-5,12,23H,3,17H2,(H,22,26)(H,24,25). The van der Waals surface area contributed by atoms with Crippen molar-refractivity contribution in [3.05, 3.63) is 44.1 Å². The summed E-state index contributed by atoms with van der Waals surface area (Å²) in [6.45, 7) is 0. The van der Waals surface area contributed by atoms with E-state index in [1.807, 2.05) is 57.3 Å². The molecule has 0 aromatic heterocycles. The van der Waals surface area contributed by atoms with Gasteiger partial charge in [0, 0.05) is 6.42 Å². The molecular weight excluding hydrogens is 805 g/mol. The average Bonchev–Trinajstić information content (AvgIpc) is 2.54. The predicted octanol–water partition coefficient (Wildman–Crippen LogP) is 3.94. The molecule has 0 aliphatic carbocycles. The van der Waals surface area contributed by atoms with Gasteiger partial charge in [-0.3, -0.25) is 4.79 Å². The Morgan fingerprint density at radius 3 is 2.00 bits per heavy atom. The molecule has 1 atom stereocenters. The maximum atomic E-state index is 11.3. The van der Waals surface area contributed by atoms with Gasteiger partial charge in [-0.1, -0.05) is 0 Å². The molecule has 0 saturated heterocycles. The van der Waals surface area contributed by atoms with Gasteiger partial charge in [0.15, 0.2) is 11.6 Å². The van der Waals surface area contributed by atoms with Gasteiger partial charge >= 0.3 is 5.97 Å². The van der Waals surface area contributed by atoms with E-state index in [0.717, 1.165) is 12.7 Å². The van der Waals surface area contributed by atoms with Crippen molar-refractivity contribution in [3.8, 4) is 17.2 Å². The molecule has 1 unspecified atom stereocenters. The van der Waals surface area contributed by atoms with Gasteiger partial charge in [0.2, 0.25) is 7.85 Å². The normalized spacial score (nSPS) is 11.7. The Bertz CT molecular complexity index is 862. The Morgan fingerprint density at radius 1 is 1.04 bits per heavy atom. The van der Waals surface area contributed by atoms with Crippen molar-refractivity contribution in [2.75, 3.05) is 0 Å². The first kappa shape index (κ1) is 23.2. The molecule has 2 rings (SSSR count). The molecule has 0 heterocycles. The fraction of sp³-hybridized carbons (Fsp3) is 0.125. The van der Waals surface area contributed by atoms with Crippen LogP contribution >= 0.6 is 90.4 Å². The number of carboxylic acid groups (broad SMARTS) is 1. The number of phenolic OH excluding ortho intramolecular Hbond substituents is 1. The van der Waals surface area contributed by atoms with E-state index in [-0.39, 0.29) is 18.0 Å². The number of aromatic hydroxyl groups is 1. The van der Waals surface area contributed by atoms with E-state index < -0.39 is 12.0 Å². The van der Waals surface area contributed by atoms with E-state index in [4.69, 9.17) is 4.74 Å². The first-order valence-electron chi connectivity index (χ1n) is 7.42. The molecule has 0 saturated carbocycles. The summed E-state index contributed by atoms with van der Waals surface area (Å²) < 4.78 is 9.03. The molecule has 0 fully saturated rings. The zero-order valence-electron chi connectivity index (χ0n) is 13.7. The van der Waals surface area contributed by atoms with Crippen molar-refractivity contribution in [1.29, 1.82) is 0 Å². The highest BCUT2D eigenvalue weighted by Crippen LogP contribution is 2.36. The van der Waals surface area contributed by atoms with Gasteiger partial charge in [-0.2, -0.15) is 0 Å². The molecule has 2 aromatic carbocycles. The van der Waals surface area contributed by atoms with E-state index in [0.29, 0.717) is 18.6 Å². The molecule has 0 aliphatic rings. The minimum Gasteiger partial charge on any atom is -0.506 e. The number of carbonyl (C=O) groups excluding carboxylic acids is 1. The number of aliphatic carboxylic acids is 1. The summed E-state index contributed by atoms with van der Waals surface area (Å²) in [5.74, 6) is 0.0172. The molecule has 3 N–H and O–H groups in total. The molecule has 2 aromatic rings. The summed E-state index contributed by atoms with van der Waals surface area (Å²) in [7, 11) is 1.29. The second kappa shape index (κ2) is 10.1. The van der Waals surface area contributed by atoms with Crippen LogP contribution in [-0.2, 0) is 11.2 Å². The number of hydrogen-bond donors (Lipinski definition) is 3. The highest BCUT2D eigenvalue weighted by atomic mass is 127. The van der Waals surface area contributed by atoms with E-state index >= 15 is 0 Å². The van der Waals surface area contributed by atoms with Crippen LogP contribution in [0.4, 0.5) is 4.79 Å². The summed E-state index contributed by atoms with van der Waals surface area (Å²) in [5.41, 5.74) is 0.784. The molecule has 0 spiro atoms. The summed E-state index contributed by atoms with van der Waals surface area (Å²) in [5, 5.41) is 21.6. The lowest BCUT2D eigenvalue weighted by molar-refractivity contribution is -0.139. The van der Waals surface area contributed by atoms with Crippen LogP contribution in [0.3, 0.4) is 0 Å². The third-order valence-electron chi connectivity index (χ3n) is 3.38. The summed E-state index contributed by atoms with van der Waals surface area (Å²) in [6, 6.07) is 6.18. The monoisotopic (exact) mass is 817 g/mol.